The molecular weight excluding hydrogens is 298 g/mol. The van der Waals surface area contributed by atoms with Gasteiger partial charge in [0.25, 0.3) is 5.91 Å². The summed E-state index contributed by atoms with van der Waals surface area (Å²) in [4.78, 5) is 24.2. The zero-order valence-electron chi connectivity index (χ0n) is 13.9. The molecule has 2 heterocycles. The van der Waals surface area contributed by atoms with Crippen molar-refractivity contribution in [3.05, 3.63) is 11.9 Å². The van der Waals surface area contributed by atoms with E-state index >= 15 is 0 Å². The van der Waals surface area contributed by atoms with Crippen LogP contribution in [0.1, 0.15) is 49.6 Å². The topological polar surface area (TPSA) is 98.1 Å². The highest BCUT2D eigenvalue weighted by atomic mass is 16.5. The van der Waals surface area contributed by atoms with E-state index in [9.17, 15) is 9.59 Å². The summed E-state index contributed by atoms with van der Waals surface area (Å²) in [5.41, 5.74) is 0.223. The Hall–Kier alpha value is -1.96. The number of rotatable bonds is 6. The number of carbonyl (C=O) groups excluding carboxylic acids is 2. The van der Waals surface area contributed by atoms with Crippen molar-refractivity contribution in [1.82, 2.24) is 25.6 Å². The SMILES string of the molecule is CC[C@H](C)[C@H](NC(=O)c1cn(C2CCNCC2)nn1)C(=O)OC. The molecule has 1 aromatic heterocycles. The van der Waals surface area contributed by atoms with E-state index in [-0.39, 0.29) is 17.7 Å². The van der Waals surface area contributed by atoms with Crippen LogP contribution in [0.5, 0.6) is 0 Å². The van der Waals surface area contributed by atoms with Crippen LogP contribution in [0.15, 0.2) is 6.20 Å². The molecule has 1 aromatic rings. The van der Waals surface area contributed by atoms with Gasteiger partial charge in [-0.15, -0.1) is 5.10 Å². The van der Waals surface area contributed by atoms with Crippen LogP contribution in [-0.2, 0) is 9.53 Å². The second-order valence-corrected chi connectivity index (χ2v) is 5.92. The minimum atomic E-state index is -0.679. The van der Waals surface area contributed by atoms with Crippen molar-refractivity contribution in [2.45, 2.75) is 45.2 Å². The number of piperidine rings is 1. The number of ether oxygens (including phenoxy) is 1. The summed E-state index contributed by atoms with van der Waals surface area (Å²) in [5, 5.41) is 14.0. The number of hydrogen-bond donors (Lipinski definition) is 2. The maximum Gasteiger partial charge on any atom is 0.328 e. The van der Waals surface area contributed by atoms with Crippen molar-refractivity contribution < 1.29 is 14.3 Å². The highest BCUT2D eigenvalue weighted by molar-refractivity contribution is 5.94. The first-order valence-corrected chi connectivity index (χ1v) is 8.08. The van der Waals surface area contributed by atoms with Crippen molar-refractivity contribution in [2.24, 2.45) is 5.92 Å². The summed E-state index contributed by atoms with van der Waals surface area (Å²) in [5.74, 6) is -0.870. The van der Waals surface area contributed by atoms with Crippen LogP contribution in [0.25, 0.3) is 0 Å². The van der Waals surface area contributed by atoms with Crippen molar-refractivity contribution in [3.8, 4) is 0 Å². The third-order valence-electron chi connectivity index (χ3n) is 4.38. The molecule has 0 radical (unpaired) electrons. The highest BCUT2D eigenvalue weighted by Gasteiger charge is 2.28. The molecule has 0 aromatic carbocycles. The molecule has 0 aliphatic carbocycles. The highest BCUT2D eigenvalue weighted by Crippen LogP contribution is 2.17. The van der Waals surface area contributed by atoms with Gasteiger partial charge in [0.05, 0.1) is 19.3 Å². The van der Waals surface area contributed by atoms with E-state index in [1.54, 1.807) is 10.9 Å². The van der Waals surface area contributed by atoms with Gasteiger partial charge in [-0.05, 0) is 31.8 Å². The maximum atomic E-state index is 12.3. The Morgan fingerprint density at radius 1 is 1.48 bits per heavy atom. The van der Waals surface area contributed by atoms with Crippen LogP contribution in [0.3, 0.4) is 0 Å². The molecule has 1 aliphatic rings. The summed E-state index contributed by atoms with van der Waals surface area (Å²) in [6, 6.07) is -0.419. The van der Waals surface area contributed by atoms with Crippen molar-refractivity contribution in [3.63, 3.8) is 0 Å². The molecular formula is C15H25N5O3. The second-order valence-electron chi connectivity index (χ2n) is 5.92. The van der Waals surface area contributed by atoms with E-state index in [2.05, 4.69) is 20.9 Å². The Morgan fingerprint density at radius 2 is 2.17 bits per heavy atom. The summed E-state index contributed by atoms with van der Waals surface area (Å²) < 4.78 is 6.51. The first-order chi connectivity index (χ1) is 11.1. The van der Waals surface area contributed by atoms with E-state index in [0.29, 0.717) is 0 Å². The smallest absolute Gasteiger partial charge is 0.328 e. The Bertz CT molecular complexity index is 539. The van der Waals surface area contributed by atoms with Gasteiger partial charge in [-0.25, -0.2) is 9.48 Å². The number of methoxy groups -OCH3 is 1. The average molecular weight is 323 g/mol. The number of carbonyl (C=O) groups is 2. The Balaban J connectivity index is 2.04. The molecule has 2 N–H and O–H groups in total. The molecule has 2 rings (SSSR count). The van der Waals surface area contributed by atoms with Crippen LogP contribution in [0, 0.1) is 5.92 Å². The number of hydrogen-bond acceptors (Lipinski definition) is 6. The van der Waals surface area contributed by atoms with E-state index in [1.807, 2.05) is 13.8 Å². The average Bonchev–Trinajstić information content (AvgIpc) is 3.09. The van der Waals surface area contributed by atoms with Crippen LogP contribution in [0.4, 0.5) is 0 Å². The fourth-order valence-electron chi connectivity index (χ4n) is 2.64. The number of aromatic nitrogens is 3. The summed E-state index contributed by atoms with van der Waals surface area (Å²) in [6.45, 7) is 5.73. The predicted molar refractivity (Wildman–Crippen MR) is 83.9 cm³/mol. The van der Waals surface area contributed by atoms with Crippen LogP contribution in [0.2, 0.25) is 0 Å². The molecule has 1 saturated heterocycles. The molecule has 1 aliphatic heterocycles. The number of nitrogens with zero attached hydrogens (tertiary/aromatic N) is 3. The van der Waals surface area contributed by atoms with Gasteiger partial charge in [0.15, 0.2) is 5.69 Å². The molecule has 128 valence electrons. The van der Waals surface area contributed by atoms with Gasteiger partial charge in [-0.2, -0.15) is 0 Å². The summed E-state index contributed by atoms with van der Waals surface area (Å²) in [6.07, 6.45) is 4.32. The van der Waals surface area contributed by atoms with Gasteiger partial charge >= 0.3 is 5.97 Å². The Morgan fingerprint density at radius 3 is 2.78 bits per heavy atom. The summed E-state index contributed by atoms with van der Waals surface area (Å²) >= 11 is 0. The molecule has 2 atom stereocenters. The largest absolute Gasteiger partial charge is 0.467 e. The van der Waals surface area contributed by atoms with Gasteiger partial charge in [-0.3, -0.25) is 4.79 Å². The van der Waals surface area contributed by atoms with Gasteiger partial charge in [0.1, 0.15) is 6.04 Å². The quantitative estimate of drug-likeness (QED) is 0.741. The number of amides is 1. The standard InChI is InChI=1S/C15H25N5O3/c1-4-10(2)13(15(22)23-3)17-14(21)12-9-20(19-18-12)11-5-7-16-8-6-11/h9-11,13,16H,4-8H2,1-3H3,(H,17,21)/t10-,13-/m0/s1. The lowest BCUT2D eigenvalue weighted by atomic mass is 9.99. The zero-order chi connectivity index (χ0) is 16.8. The molecule has 0 bridgehead atoms. The lowest BCUT2D eigenvalue weighted by Gasteiger charge is -2.22. The molecule has 1 fully saturated rings. The molecule has 23 heavy (non-hydrogen) atoms. The van der Waals surface area contributed by atoms with Gasteiger partial charge < -0.3 is 15.4 Å². The van der Waals surface area contributed by atoms with Crippen molar-refractivity contribution >= 4 is 11.9 Å². The van der Waals surface area contributed by atoms with E-state index in [0.717, 1.165) is 32.4 Å². The Kier molecular flexibility index (Phi) is 6.09. The fourth-order valence-corrected chi connectivity index (χ4v) is 2.64. The van der Waals surface area contributed by atoms with Crippen LogP contribution < -0.4 is 10.6 Å². The van der Waals surface area contributed by atoms with Gasteiger partial charge in [0.2, 0.25) is 0 Å². The molecule has 0 unspecified atom stereocenters. The van der Waals surface area contributed by atoms with Gasteiger partial charge in [0, 0.05) is 0 Å². The van der Waals surface area contributed by atoms with E-state index in [4.69, 9.17) is 4.74 Å². The molecule has 1 amide bonds. The minimum Gasteiger partial charge on any atom is -0.467 e. The maximum absolute atomic E-state index is 12.3. The van der Waals surface area contributed by atoms with E-state index < -0.39 is 17.9 Å². The second kappa shape index (κ2) is 8.05. The minimum absolute atomic E-state index is 0.0223. The first kappa shape index (κ1) is 17.4. The molecule has 0 saturated carbocycles. The molecule has 0 spiro atoms. The first-order valence-electron chi connectivity index (χ1n) is 8.08. The lowest BCUT2D eigenvalue weighted by Crippen LogP contribution is -2.45. The van der Waals surface area contributed by atoms with Crippen molar-refractivity contribution in [2.75, 3.05) is 20.2 Å². The van der Waals surface area contributed by atoms with Crippen LogP contribution in [-0.4, -0.2) is 53.1 Å². The Labute approximate surface area is 136 Å². The lowest BCUT2D eigenvalue weighted by molar-refractivity contribution is -0.144. The summed E-state index contributed by atoms with van der Waals surface area (Å²) in [7, 11) is 1.32. The van der Waals surface area contributed by atoms with Crippen LogP contribution >= 0.6 is 0 Å². The van der Waals surface area contributed by atoms with Gasteiger partial charge in [-0.1, -0.05) is 25.5 Å². The third-order valence-corrected chi connectivity index (χ3v) is 4.38. The monoisotopic (exact) mass is 323 g/mol. The third kappa shape index (κ3) is 4.28. The number of esters is 1. The van der Waals surface area contributed by atoms with Crippen molar-refractivity contribution in [1.29, 1.82) is 0 Å². The predicted octanol–water partition coefficient (Wildman–Crippen LogP) is 0.520. The normalized spacial score (nSPS) is 18.2. The molecule has 8 nitrogen and oxygen atoms in total. The zero-order valence-corrected chi connectivity index (χ0v) is 13.9. The van der Waals surface area contributed by atoms with E-state index in [1.165, 1.54) is 7.11 Å². The fraction of sp³-hybridized carbons (Fsp3) is 0.733. The number of nitrogens with one attached hydrogen (secondary N) is 2. The molecule has 8 heteroatoms.